The molecule has 1 aliphatic carbocycles. The van der Waals surface area contributed by atoms with Crippen molar-refractivity contribution in [3.05, 3.63) is 47.5 Å². The van der Waals surface area contributed by atoms with Gasteiger partial charge in [-0.1, -0.05) is 0 Å². The average Bonchev–Trinajstić information content (AvgIpc) is 2.56. The Hall–Kier alpha value is -2.36. The van der Waals surface area contributed by atoms with E-state index in [1.165, 1.54) is 11.1 Å². The number of fused-ring (bicyclic) bond motifs is 1. The van der Waals surface area contributed by atoms with Crippen molar-refractivity contribution < 1.29 is 14.6 Å². The van der Waals surface area contributed by atoms with E-state index in [9.17, 15) is 5.11 Å². The molecule has 4 heteroatoms. The molecule has 0 saturated carbocycles. The van der Waals surface area contributed by atoms with Crippen LogP contribution in [0.25, 0.3) is 0 Å². The summed E-state index contributed by atoms with van der Waals surface area (Å²) in [6.07, 6.45) is 2.90. The molecule has 3 rings (SSSR count). The number of rotatable bonds is 4. The van der Waals surface area contributed by atoms with Crippen LogP contribution in [0.15, 0.2) is 36.4 Å². The number of ether oxygens (including phenoxy) is 2. The normalized spacial score (nSPS) is 16.7. The Labute approximate surface area is 130 Å². The molecule has 0 radical (unpaired) electrons. The third-order valence-corrected chi connectivity index (χ3v) is 4.22. The van der Waals surface area contributed by atoms with Crippen LogP contribution in [-0.4, -0.2) is 25.4 Å². The van der Waals surface area contributed by atoms with Gasteiger partial charge in [-0.2, -0.15) is 0 Å². The van der Waals surface area contributed by atoms with Crippen molar-refractivity contribution in [1.82, 2.24) is 0 Å². The van der Waals surface area contributed by atoms with Crippen molar-refractivity contribution in [2.75, 3.05) is 19.5 Å². The highest BCUT2D eigenvalue weighted by Crippen LogP contribution is 2.36. The molecule has 0 unspecified atom stereocenters. The van der Waals surface area contributed by atoms with Crippen LogP contribution in [0, 0.1) is 0 Å². The van der Waals surface area contributed by atoms with Gasteiger partial charge in [0.2, 0.25) is 0 Å². The van der Waals surface area contributed by atoms with Gasteiger partial charge < -0.3 is 19.9 Å². The lowest BCUT2D eigenvalue weighted by molar-refractivity contribution is 0.387. The Morgan fingerprint density at radius 1 is 0.955 bits per heavy atom. The van der Waals surface area contributed by atoms with Crippen LogP contribution in [-0.2, 0) is 12.8 Å². The second-order valence-electron chi connectivity index (χ2n) is 5.56. The highest BCUT2D eigenvalue weighted by Gasteiger charge is 2.24. The minimum atomic E-state index is 0.283. The summed E-state index contributed by atoms with van der Waals surface area (Å²) in [5.41, 5.74) is 3.50. The fourth-order valence-corrected chi connectivity index (χ4v) is 3.11. The van der Waals surface area contributed by atoms with Crippen molar-refractivity contribution in [3.63, 3.8) is 0 Å². The van der Waals surface area contributed by atoms with Gasteiger partial charge in [-0.05, 0) is 55.7 Å². The van der Waals surface area contributed by atoms with Gasteiger partial charge in [0.15, 0.2) is 0 Å². The van der Waals surface area contributed by atoms with Crippen LogP contribution in [0.2, 0.25) is 0 Å². The SMILES string of the molecule is COc1ccc(OC)c2c1CC[C@@H](Nc1ccc(O)cc1)C2. The van der Waals surface area contributed by atoms with Crippen molar-refractivity contribution in [1.29, 1.82) is 0 Å². The summed E-state index contributed by atoms with van der Waals surface area (Å²) >= 11 is 0. The summed E-state index contributed by atoms with van der Waals surface area (Å²) in [7, 11) is 3.42. The predicted octanol–water partition coefficient (Wildman–Crippen LogP) is 3.38. The van der Waals surface area contributed by atoms with E-state index >= 15 is 0 Å². The van der Waals surface area contributed by atoms with E-state index in [2.05, 4.69) is 5.32 Å². The van der Waals surface area contributed by atoms with Crippen molar-refractivity contribution in [3.8, 4) is 17.2 Å². The maximum absolute atomic E-state index is 9.36. The minimum absolute atomic E-state index is 0.283. The third kappa shape index (κ3) is 2.82. The zero-order valence-electron chi connectivity index (χ0n) is 12.9. The van der Waals surface area contributed by atoms with Crippen molar-refractivity contribution in [2.45, 2.75) is 25.3 Å². The van der Waals surface area contributed by atoms with Crippen LogP contribution >= 0.6 is 0 Å². The molecule has 0 heterocycles. The Kier molecular flexibility index (Phi) is 4.09. The predicted molar refractivity (Wildman–Crippen MR) is 87.1 cm³/mol. The second-order valence-corrected chi connectivity index (χ2v) is 5.56. The molecule has 1 atom stereocenters. The zero-order chi connectivity index (χ0) is 15.5. The lowest BCUT2D eigenvalue weighted by Crippen LogP contribution is -2.28. The largest absolute Gasteiger partial charge is 0.508 e. The molecular formula is C18H21NO3. The minimum Gasteiger partial charge on any atom is -0.508 e. The number of nitrogens with one attached hydrogen (secondary N) is 1. The number of anilines is 1. The summed E-state index contributed by atoms with van der Waals surface area (Å²) in [5, 5.41) is 12.9. The Bertz CT molecular complexity index is 652. The van der Waals surface area contributed by atoms with E-state index in [4.69, 9.17) is 9.47 Å². The Balaban J connectivity index is 1.82. The molecule has 2 aromatic carbocycles. The second kappa shape index (κ2) is 6.18. The molecule has 2 aromatic rings. The van der Waals surface area contributed by atoms with Gasteiger partial charge >= 0.3 is 0 Å². The molecule has 4 nitrogen and oxygen atoms in total. The van der Waals surface area contributed by atoms with Crippen LogP contribution in [0.1, 0.15) is 17.5 Å². The maximum atomic E-state index is 9.36. The molecular weight excluding hydrogens is 278 g/mol. The molecule has 0 aliphatic heterocycles. The van der Waals surface area contributed by atoms with E-state index in [0.717, 1.165) is 36.4 Å². The maximum Gasteiger partial charge on any atom is 0.122 e. The van der Waals surface area contributed by atoms with Crippen molar-refractivity contribution >= 4 is 5.69 Å². The number of methoxy groups -OCH3 is 2. The summed E-state index contributed by atoms with van der Waals surface area (Å²) in [4.78, 5) is 0. The van der Waals surface area contributed by atoms with Gasteiger partial charge in [0.05, 0.1) is 14.2 Å². The first-order valence-electron chi connectivity index (χ1n) is 7.49. The quantitative estimate of drug-likeness (QED) is 0.850. The molecule has 1 aliphatic rings. The molecule has 0 spiro atoms. The Morgan fingerprint density at radius 2 is 1.59 bits per heavy atom. The summed E-state index contributed by atoms with van der Waals surface area (Å²) in [6.45, 7) is 0. The molecule has 116 valence electrons. The number of hydrogen-bond acceptors (Lipinski definition) is 4. The summed E-state index contributed by atoms with van der Waals surface area (Å²) in [6, 6.07) is 11.5. The first-order chi connectivity index (χ1) is 10.7. The number of benzene rings is 2. The zero-order valence-corrected chi connectivity index (χ0v) is 12.9. The van der Waals surface area contributed by atoms with E-state index in [0.29, 0.717) is 6.04 Å². The molecule has 0 fully saturated rings. The topological polar surface area (TPSA) is 50.7 Å². The first-order valence-corrected chi connectivity index (χ1v) is 7.49. The lowest BCUT2D eigenvalue weighted by atomic mass is 9.86. The molecule has 0 aromatic heterocycles. The smallest absolute Gasteiger partial charge is 0.122 e. The van der Waals surface area contributed by atoms with Gasteiger partial charge in [0, 0.05) is 22.9 Å². The van der Waals surface area contributed by atoms with Gasteiger partial charge in [-0.25, -0.2) is 0 Å². The fraction of sp³-hybridized carbons (Fsp3) is 0.333. The van der Waals surface area contributed by atoms with Crippen LogP contribution < -0.4 is 14.8 Å². The molecule has 0 saturated heterocycles. The fourth-order valence-electron chi connectivity index (χ4n) is 3.11. The van der Waals surface area contributed by atoms with E-state index in [1.54, 1.807) is 26.4 Å². The van der Waals surface area contributed by atoms with Gasteiger partial charge in [0.25, 0.3) is 0 Å². The summed E-state index contributed by atoms with van der Waals surface area (Å²) < 4.78 is 11.0. The molecule has 0 amide bonds. The van der Waals surface area contributed by atoms with Crippen LogP contribution in [0.5, 0.6) is 17.2 Å². The van der Waals surface area contributed by atoms with Crippen molar-refractivity contribution in [2.24, 2.45) is 0 Å². The van der Waals surface area contributed by atoms with E-state index in [-0.39, 0.29) is 5.75 Å². The lowest BCUT2D eigenvalue weighted by Gasteiger charge is -2.28. The average molecular weight is 299 g/mol. The van der Waals surface area contributed by atoms with E-state index in [1.807, 2.05) is 24.3 Å². The number of phenolic OH excluding ortho intramolecular Hbond substituents is 1. The first kappa shape index (κ1) is 14.6. The van der Waals surface area contributed by atoms with Gasteiger partial charge in [-0.3, -0.25) is 0 Å². The standard InChI is InChI=1S/C18H21NO3/c1-21-17-9-10-18(22-2)16-11-13(5-8-15(16)17)19-12-3-6-14(20)7-4-12/h3-4,6-7,9-10,13,19-20H,5,8,11H2,1-2H3/t13-/m1/s1. The number of phenols is 1. The van der Waals surface area contributed by atoms with Gasteiger partial charge in [-0.15, -0.1) is 0 Å². The highest BCUT2D eigenvalue weighted by molar-refractivity contribution is 5.53. The summed E-state index contributed by atoms with van der Waals surface area (Å²) in [5.74, 6) is 2.15. The molecule has 0 bridgehead atoms. The van der Waals surface area contributed by atoms with Crippen LogP contribution in [0.3, 0.4) is 0 Å². The molecule has 22 heavy (non-hydrogen) atoms. The monoisotopic (exact) mass is 299 g/mol. The van der Waals surface area contributed by atoms with Crippen LogP contribution in [0.4, 0.5) is 5.69 Å². The van der Waals surface area contributed by atoms with Gasteiger partial charge in [0.1, 0.15) is 17.2 Å². The molecule has 2 N–H and O–H groups in total. The Morgan fingerprint density at radius 3 is 2.23 bits per heavy atom. The third-order valence-electron chi connectivity index (χ3n) is 4.22. The number of hydrogen-bond donors (Lipinski definition) is 2. The number of aromatic hydroxyl groups is 1. The highest BCUT2D eigenvalue weighted by atomic mass is 16.5. The van der Waals surface area contributed by atoms with E-state index < -0.39 is 0 Å².